The van der Waals surface area contributed by atoms with Gasteiger partial charge in [0.05, 0.1) is 6.61 Å². The van der Waals surface area contributed by atoms with Crippen LogP contribution in [0.15, 0.2) is 34.9 Å². The van der Waals surface area contributed by atoms with Gasteiger partial charge in [0.15, 0.2) is 5.82 Å². The highest BCUT2D eigenvalue weighted by molar-refractivity contribution is 5.89. The predicted molar refractivity (Wildman–Crippen MR) is 95.6 cm³/mol. The van der Waals surface area contributed by atoms with Crippen molar-refractivity contribution in [1.29, 1.82) is 0 Å². The van der Waals surface area contributed by atoms with E-state index in [1.165, 1.54) is 5.56 Å². The summed E-state index contributed by atoms with van der Waals surface area (Å²) < 4.78 is 10.5. The van der Waals surface area contributed by atoms with Crippen molar-refractivity contribution in [2.45, 2.75) is 39.2 Å². The fourth-order valence-electron chi connectivity index (χ4n) is 3.30. The van der Waals surface area contributed by atoms with Crippen LogP contribution in [0.25, 0.3) is 0 Å². The fourth-order valence-corrected chi connectivity index (χ4v) is 3.30. The molecule has 2 heterocycles. The highest BCUT2D eigenvalue weighted by Gasteiger charge is 2.26. The first-order chi connectivity index (χ1) is 12.2. The molecule has 134 valence electrons. The number of carbonyl (C=O) groups is 1. The molecule has 1 atom stereocenters. The molecule has 0 bridgehead atoms. The average Bonchev–Trinajstić information content (AvgIpc) is 3.23. The molecule has 25 heavy (non-hydrogen) atoms. The summed E-state index contributed by atoms with van der Waals surface area (Å²) >= 11 is 0. The van der Waals surface area contributed by atoms with Gasteiger partial charge in [0.2, 0.25) is 5.91 Å². The number of nitrogens with zero attached hydrogens (tertiary/aromatic N) is 2. The summed E-state index contributed by atoms with van der Waals surface area (Å²) in [5.41, 5.74) is 1.29. The minimum Gasteiger partial charge on any atom is -0.494 e. The largest absolute Gasteiger partial charge is 0.494 e. The Morgan fingerprint density at radius 3 is 2.88 bits per heavy atom. The molecule has 0 radical (unpaired) electrons. The zero-order valence-corrected chi connectivity index (χ0v) is 14.8. The van der Waals surface area contributed by atoms with Crippen LogP contribution in [-0.4, -0.2) is 35.7 Å². The zero-order valence-electron chi connectivity index (χ0n) is 14.8. The molecule has 2 aromatic rings. The van der Waals surface area contributed by atoms with Gasteiger partial charge in [0, 0.05) is 25.1 Å². The van der Waals surface area contributed by atoms with Crippen molar-refractivity contribution in [1.82, 2.24) is 10.1 Å². The molecular formula is C19H25N3O3. The first-order valence-corrected chi connectivity index (χ1v) is 8.85. The van der Waals surface area contributed by atoms with Gasteiger partial charge in [-0.1, -0.05) is 17.3 Å². The molecule has 1 amide bonds. The van der Waals surface area contributed by atoms with Crippen LogP contribution in [-0.2, 0) is 4.79 Å². The van der Waals surface area contributed by atoms with Crippen LogP contribution in [0.1, 0.15) is 43.6 Å². The molecule has 6 nitrogen and oxygen atoms in total. The van der Waals surface area contributed by atoms with Crippen LogP contribution in [0.3, 0.4) is 0 Å². The normalized spacial score (nSPS) is 17.6. The van der Waals surface area contributed by atoms with Gasteiger partial charge in [-0.05, 0) is 50.9 Å². The Morgan fingerprint density at radius 1 is 1.40 bits per heavy atom. The van der Waals surface area contributed by atoms with Crippen LogP contribution in [0.2, 0.25) is 0 Å². The Hall–Kier alpha value is -2.34. The zero-order chi connectivity index (χ0) is 17.6. The third-order valence-electron chi connectivity index (χ3n) is 4.46. The van der Waals surface area contributed by atoms with Gasteiger partial charge in [-0.15, -0.1) is 0 Å². The Morgan fingerprint density at radius 2 is 2.20 bits per heavy atom. The Bertz CT molecular complexity index is 696. The number of hydrogen-bond donors (Lipinski definition) is 1. The molecule has 1 aliphatic rings. The smallest absolute Gasteiger partial charge is 0.226 e. The second-order valence-electron chi connectivity index (χ2n) is 6.32. The van der Waals surface area contributed by atoms with Gasteiger partial charge in [0.1, 0.15) is 11.5 Å². The van der Waals surface area contributed by atoms with Crippen molar-refractivity contribution in [2.24, 2.45) is 0 Å². The van der Waals surface area contributed by atoms with E-state index in [1.807, 2.05) is 19.1 Å². The summed E-state index contributed by atoms with van der Waals surface area (Å²) in [6.07, 6.45) is 2.72. The standard InChI is InChI=1S/C19H25N3O3/c1-3-24-16-8-6-15(7-9-16)17-5-4-11-22(17)12-10-19(23)20-18-13-14(2)25-21-18/h6-9,13,17H,3-5,10-12H2,1-2H3,(H,20,21,23)/t17-/m0/s1. The summed E-state index contributed by atoms with van der Waals surface area (Å²) in [5.74, 6) is 2.03. The van der Waals surface area contributed by atoms with Gasteiger partial charge in [-0.25, -0.2) is 0 Å². The highest BCUT2D eigenvalue weighted by atomic mass is 16.5. The number of hydrogen-bond acceptors (Lipinski definition) is 5. The third-order valence-corrected chi connectivity index (χ3v) is 4.46. The summed E-state index contributed by atoms with van der Waals surface area (Å²) in [6.45, 7) is 6.22. The lowest BCUT2D eigenvalue weighted by Crippen LogP contribution is -2.27. The van der Waals surface area contributed by atoms with Crippen molar-refractivity contribution in [2.75, 3.05) is 25.0 Å². The molecule has 1 aliphatic heterocycles. The molecule has 0 unspecified atom stereocenters. The number of likely N-dealkylation sites (tertiary alicyclic amines) is 1. The third kappa shape index (κ3) is 4.60. The summed E-state index contributed by atoms with van der Waals surface area (Å²) in [4.78, 5) is 14.5. The van der Waals surface area contributed by atoms with Crippen molar-refractivity contribution in [3.05, 3.63) is 41.7 Å². The van der Waals surface area contributed by atoms with Crippen LogP contribution in [0.5, 0.6) is 5.75 Å². The topological polar surface area (TPSA) is 67.6 Å². The summed E-state index contributed by atoms with van der Waals surface area (Å²) in [6, 6.07) is 10.4. The number of benzene rings is 1. The molecule has 1 aromatic carbocycles. The number of nitrogens with one attached hydrogen (secondary N) is 1. The maximum absolute atomic E-state index is 12.1. The minimum absolute atomic E-state index is 0.0364. The van der Waals surface area contributed by atoms with Gasteiger partial charge in [-0.2, -0.15) is 0 Å². The van der Waals surface area contributed by atoms with E-state index in [2.05, 4.69) is 27.5 Å². The van der Waals surface area contributed by atoms with Crippen LogP contribution < -0.4 is 10.1 Å². The lowest BCUT2D eigenvalue weighted by molar-refractivity contribution is -0.116. The lowest BCUT2D eigenvalue weighted by atomic mass is 10.0. The number of carbonyl (C=O) groups excluding carboxylic acids is 1. The molecule has 1 aromatic heterocycles. The Labute approximate surface area is 148 Å². The number of aromatic nitrogens is 1. The highest BCUT2D eigenvalue weighted by Crippen LogP contribution is 2.32. The molecular weight excluding hydrogens is 318 g/mol. The monoisotopic (exact) mass is 343 g/mol. The maximum atomic E-state index is 12.1. The number of anilines is 1. The summed E-state index contributed by atoms with van der Waals surface area (Å²) in [7, 11) is 0. The van der Waals surface area contributed by atoms with Crippen LogP contribution >= 0.6 is 0 Å². The molecule has 1 N–H and O–H groups in total. The number of aryl methyl sites for hydroxylation is 1. The second-order valence-corrected chi connectivity index (χ2v) is 6.32. The van der Waals surface area contributed by atoms with Crippen molar-refractivity contribution in [3.63, 3.8) is 0 Å². The average molecular weight is 343 g/mol. The van der Waals surface area contributed by atoms with Crippen LogP contribution in [0.4, 0.5) is 5.82 Å². The van der Waals surface area contributed by atoms with Gasteiger partial charge in [0.25, 0.3) is 0 Å². The Balaban J connectivity index is 1.53. The number of amides is 1. The van der Waals surface area contributed by atoms with E-state index in [0.29, 0.717) is 30.6 Å². The van der Waals surface area contributed by atoms with Crippen molar-refractivity contribution < 1.29 is 14.1 Å². The SMILES string of the molecule is CCOc1ccc([C@@H]2CCCN2CCC(=O)Nc2cc(C)on2)cc1. The predicted octanol–water partition coefficient (Wildman–Crippen LogP) is 3.55. The van der Waals surface area contributed by atoms with E-state index < -0.39 is 0 Å². The number of ether oxygens (including phenoxy) is 1. The molecule has 6 heteroatoms. The minimum atomic E-state index is -0.0364. The van der Waals surface area contributed by atoms with Gasteiger partial charge >= 0.3 is 0 Å². The van der Waals surface area contributed by atoms with E-state index in [0.717, 1.165) is 31.7 Å². The fraction of sp³-hybridized carbons (Fsp3) is 0.474. The maximum Gasteiger partial charge on any atom is 0.226 e. The molecule has 3 rings (SSSR count). The molecule has 0 spiro atoms. The Kier molecular flexibility index (Phi) is 5.71. The van der Waals surface area contributed by atoms with Crippen LogP contribution in [0, 0.1) is 6.92 Å². The second kappa shape index (κ2) is 8.16. The van der Waals surface area contributed by atoms with E-state index in [-0.39, 0.29) is 5.91 Å². The lowest BCUT2D eigenvalue weighted by Gasteiger charge is -2.24. The molecule has 0 saturated carbocycles. The molecule has 1 fully saturated rings. The molecule has 1 saturated heterocycles. The number of rotatable bonds is 7. The first-order valence-electron chi connectivity index (χ1n) is 8.85. The van der Waals surface area contributed by atoms with E-state index in [1.54, 1.807) is 13.0 Å². The quantitative estimate of drug-likeness (QED) is 0.833. The molecule has 0 aliphatic carbocycles. The van der Waals surface area contributed by atoms with Crippen molar-refractivity contribution in [3.8, 4) is 5.75 Å². The van der Waals surface area contributed by atoms with E-state index in [9.17, 15) is 4.79 Å². The van der Waals surface area contributed by atoms with Gasteiger partial charge < -0.3 is 14.6 Å². The van der Waals surface area contributed by atoms with Crippen molar-refractivity contribution >= 4 is 11.7 Å². The summed E-state index contributed by atoms with van der Waals surface area (Å²) in [5, 5.41) is 6.56. The van der Waals surface area contributed by atoms with E-state index >= 15 is 0 Å². The van der Waals surface area contributed by atoms with E-state index in [4.69, 9.17) is 9.26 Å². The first kappa shape index (κ1) is 17.5. The van der Waals surface area contributed by atoms with Gasteiger partial charge in [-0.3, -0.25) is 9.69 Å².